The van der Waals surface area contributed by atoms with Gasteiger partial charge < -0.3 is 14.4 Å². The van der Waals surface area contributed by atoms with Gasteiger partial charge in [-0.2, -0.15) is 4.98 Å². The highest BCUT2D eigenvalue weighted by Crippen LogP contribution is 2.14. The molecule has 0 aliphatic heterocycles. The molecule has 27 heavy (non-hydrogen) atoms. The maximum Gasteiger partial charge on any atom is 0.243 e. The molecule has 1 aromatic carbocycles. The predicted octanol–water partition coefficient (Wildman–Crippen LogP) is 1.90. The van der Waals surface area contributed by atoms with Gasteiger partial charge in [-0.15, -0.1) is 0 Å². The summed E-state index contributed by atoms with van der Waals surface area (Å²) in [6.45, 7) is 2.95. The Kier molecular flexibility index (Phi) is 5.36. The minimum atomic E-state index is -3.85. The lowest BCUT2D eigenvalue weighted by atomic mass is 10.1. The Hall–Kier alpha value is -3.01. The third kappa shape index (κ3) is 4.79. The van der Waals surface area contributed by atoms with Crippen LogP contribution in [-0.4, -0.2) is 34.9 Å². The second kappa shape index (κ2) is 7.70. The number of amides is 1. The van der Waals surface area contributed by atoms with Crippen LogP contribution in [0.25, 0.3) is 0 Å². The summed E-state index contributed by atoms with van der Waals surface area (Å²) in [6.07, 6.45) is 0.423. The van der Waals surface area contributed by atoms with Gasteiger partial charge >= 0.3 is 0 Å². The average Bonchev–Trinajstić information content (AvgIpc) is 3.23. The summed E-state index contributed by atoms with van der Waals surface area (Å²) >= 11 is 0. The number of sulfone groups is 1. The van der Waals surface area contributed by atoms with Gasteiger partial charge in [0, 0.05) is 12.5 Å². The summed E-state index contributed by atoms with van der Waals surface area (Å²) in [5.74, 6) is -0.270. The molecule has 1 amide bonds. The van der Waals surface area contributed by atoms with Crippen molar-refractivity contribution in [2.75, 3.05) is 5.32 Å². The fraction of sp³-hybridized carbons (Fsp3) is 0.294. The lowest BCUT2D eigenvalue weighted by molar-refractivity contribution is -0.115. The standard InChI is InChI=1S/C17H18N4O5S/c1-11-8-14(20-25-11)19-17(22)12(2)27(23,24)10-16-18-15(21-26-16)9-13-6-4-3-5-7-13/h3-8,12H,9-10H2,1-2H3,(H,19,20,22)/t12-/m1/s1. The molecule has 2 aromatic heterocycles. The van der Waals surface area contributed by atoms with Crippen LogP contribution in [0, 0.1) is 6.92 Å². The summed E-state index contributed by atoms with van der Waals surface area (Å²) < 4.78 is 34.8. The van der Waals surface area contributed by atoms with Gasteiger partial charge in [-0.05, 0) is 19.4 Å². The van der Waals surface area contributed by atoms with Gasteiger partial charge in [0.05, 0.1) is 0 Å². The first-order chi connectivity index (χ1) is 12.8. The van der Waals surface area contributed by atoms with Crippen LogP contribution in [0.3, 0.4) is 0 Å². The van der Waals surface area contributed by atoms with Gasteiger partial charge in [0.15, 0.2) is 21.5 Å². The number of hydrogen-bond donors (Lipinski definition) is 1. The summed E-state index contributed by atoms with van der Waals surface area (Å²) in [4.78, 5) is 16.3. The molecule has 0 radical (unpaired) electrons. The van der Waals surface area contributed by atoms with Crippen molar-refractivity contribution in [1.82, 2.24) is 15.3 Å². The molecular formula is C17H18N4O5S. The molecule has 9 nitrogen and oxygen atoms in total. The number of rotatable bonds is 7. The monoisotopic (exact) mass is 390 g/mol. The van der Waals surface area contributed by atoms with Crippen molar-refractivity contribution in [2.45, 2.75) is 31.3 Å². The van der Waals surface area contributed by atoms with Crippen LogP contribution in [0.5, 0.6) is 0 Å². The molecule has 3 aromatic rings. The molecule has 0 saturated carbocycles. The highest BCUT2D eigenvalue weighted by atomic mass is 32.2. The van der Waals surface area contributed by atoms with Crippen LogP contribution in [0.2, 0.25) is 0 Å². The predicted molar refractivity (Wildman–Crippen MR) is 95.5 cm³/mol. The van der Waals surface area contributed by atoms with Crippen molar-refractivity contribution in [3.8, 4) is 0 Å². The van der Waals surface area contributed by atoms with Crippen molar-refractivity contribution >= 4 is 21.6 Å². The third-order valence-electron chi connectivity index (χ3n) is 3.83. The Morgan fingerprint density at radius 3 is 2.59 bits per heavy atom. The normalized spacial score (nSPS) is 12.7. The lowest BCUT2D eigenvalue weighted by Crippen LogP contribution is -2.33. The molecule has 0 aliphatic carbocycles. The molecule has 142 valence electrons. The van der Waals surface area contributed by atoms with Crippen molar-refractivity contribution < 1.29 is 22.3 Å². The van der Waals surface area contributed by atoms with Crippen molar-refractivity contribution in [3.05, 3.63) is 59.4 Å². The highest BCUT2D eigenvalue weighted by molar-refractivity contribution is 7.92. The van der Waals surface area contributed by atoms with Crippen LogP contribution < -0.4 is 5.32 Å². The Bertz CT molecular complexity index is 1030. The number of nitrogens with zero attached hydrogens (tertiary/aromatic N) is 3. The summed E-state index contributed by atoms with van der Waals surface area (Å²) in [5, 5.41) is 8.48. The molecule has 2 heterocycles. The molecule has 1 atom stereocenters. The SMILES string of the molecule is Cc1cc(NC(=O)[C@@H](C)S(=O)(=O)Cc2nc(Cc3ccccc3)no2)no1. The zero-order valence-electron chi connectivity index (χ0n) is 14.7. The summed E-state index contributed by atoms with van der Waals surface area (Å²) in [5.41, 5.74) is 0.975. The topological polar surface area (TPSA) is 128 Å². The smallest absolute Gasteiger partial charge is 0.243 e. The molecule has 0 spiro atoms. The minimum absolute atomic E-state index is 0.0575. The number of aryl methyl sites for hydroxylation is 1. The molecule has 0 fully saturated rings. The summed E-state index contributed by atoms with van der Waals surface area (Å²) in [7, 11) is -3.85. The maximum atomic E-state index is 12.5. The summed E-state index contributed by atoms with van der Waals surface area (Å²) in [6, 6.07) is 11.0. The minimum Gasteiger partial charge on any atom is -0.360 e. The maximum absolute atomic E-state index is 12.5. The van der Waals surface area contributed by atoms with Crippen LogP contribution in [0.15, 0.2) is 45.4 Å². The van der Waals surface area contributed by atoms with E-state index in [0.29, 0.717) is 18.0 Å². The molecule has 1 N–H and O–H groups in total. The average molecular weight is 390 g/mol. The fourth-order valence-electron chi connectivity index (χ4n) is 2.31. The largest absolute Gasteiger partial charge is 0.360 e. The van der Waals surface area contributed by atoms with E-state index in [2.05, 4.69) is 20.6 Å². The first-order valence-corrected chi connectivity index (χ1v) is 9.86. The Balaban J connectivity index is 1.64. The molecule has 3 rings (SSSR count). The molecule has 0 saturated heterocycles. The van der Waals surface area contributed by atoms with E-state index >= 15 is 0 Å². The van der Waals surface area contributed by atoms with Gasteiger partial charge in [0.25, 0.3) is 0 Å². The second-order valence-corrected chi connectivity index (χ2v) is 8.35. The zero-order valence-corrected chi connectivity index (χ0v) is 15.6. The number of aromatic nitrogens is 3. The van der Waals surface area contributed by atoms with Crippen molar-refractivity contribution in [2.24, 2.45) is 0 Å². The number of carbonyl (C=O) groups excluding carboxylic acids is 1. The Labute approximate surface area is 155 Å². The van der Waals surface area contributed by atoms with Crippen LogP contribution in [0.1, 0.15) is 30.0 Å². The number of benzene rings is 1. The van der Waals surface area contributed by atoms with E-state index in [1.807, 2.05) is 30.3 Å². The van der Waals surface area contributed by atoms with E-state index in [-0.39, 0.29) is 11.7 Å². The number of anilines is 1. The Morgan fingerprint density at radius 1 is 1.19 bits per heavy atom. The van der Waals surface area contributed by atoms with E-state index in [1.54, 1.807) is 6.92 Å². The van der Waals surface area contributed by atoms with E-state index in [1.165, 1.54) is 13.0 Å². The van der Waals surface area contributed by atoms with E-state index in [4.69, 9.17) is 9.05 Å². The molecule has 10 heteroatoms. The number of hydrogen-bond acceptors (Lipinski definition) is 8. The van der Waals surface area contributed by atoms with Crippen LogP contribution in [-0.2, 0) is 26.8 Å². The van der Waals surface area contributed by atoms with Crippen molar-refractivity contribution in [3.63, 3.8) is 0 Å². The molecular weight excluding hydrogens is 372 g/mol. The van der Waals surface area contributed by atoms with E-state index in [9.17, 15) is 13.2 Å². The van der Waals surface area contributed by atoms with Crippen LogP contribution in [0.4, 0.5) is 5.82 Å². The highest BCUT2D eigenvalue weighted by Gasteiger charge is 2.30. The van der Waals surface area contributed by atoms with Crippen molar-refractivity contribution in [1.29, 1.82) is 0 Å². The van der Waals surface area contributed by atoms with E-state index in [0.717, 1.165) is 5.56 Å². The molecule has 0 bridgehead atoms. The second-order valence-electron chi connectivity index (χ2n) is 6.03. The third-order valence-corrected chi connectivity index (χ3v) is 5.77. The van der Waals surface area contributed by atoms with Gasteiger partial charge in [-0.3, -0.25) is 4.79 Å². The van der Waals surface area contributed by atoms with Gasteiger partial charge in [-0.25, -0.2) is 8.42 Å². The lowest BCUT2D eigenvalue weighted by Gasteiger charge is -2.10. The number of nitrogens with one attached hydrogen (secondary N) is 1. The Morgan fingerprint density at radius 2 is 1.93 bits per heavy atom. The van der Waals surface area contributed by atoms with Gasteiger partial charge in [0.2, 0.25) is 11.8 Å². The first-order valence-electron chi connectivity index (χ1n) is 8.14. The van der Waals surface area contributed by atoms with E-state index < -0.39 is 26.7 Å². The zero-order chi connectivity index (χ0) is 19.4. The quantitative estimate of drug-likeness (QED) is 0.648. The number of carbonyl (C=O) groups is 1. The first kappa shape index (κ1) is 18.8. The van der Waals surface area contributed by atoms with Gasteiger partial charge in [-0.1, -0.05) is 40.6 Å². The fourth-order valence-corrected chi connectivity index (χ4v) is 3.41. The van der Waals surface area contributed by atoms with Gasteiger partial charge in [0.1, 0.15) is 16.8 Å². The van der Waals surface area contributed by atoms with Crippen LogP contribution >= 0.6 is 0 Å². The molecule has 0 aliphatic rings. The molecule has 0 unspecified atom stereocenters.